The summed E-state index contributed by atoms with van der Waals surface area (Å²) in [5, 5.41) is 13.9. The Hall–Kier alpha value is -2.65. The Labute approximate surface area is 162 Å². The Morgan fingerprint density at radius 1 is 1.26 bits per heavy atom. The summed E-state index contributed by atoms with van der Waals surface area (Å²) in [6.07, 6.45) is 1.20. The van der Waals surface area contributed by atoms with E-state index in [0.29, 0.717) is 10.7 Å². The van der Waals surface area contributed by atoms with Crippen LogP contribution in [0.4, 0.5) is 17.1 Å². The predicted octanol–water partition coefficient (Wildman–Crippen LogP) is 3.43. The molecule has 0 aliphatic carbocycles. The van der Waals surface area contributed by atoms with E-state index in [0.717, 1.165) is 10.6 Å². The summed E-state index contributed by atoms with van der Waals surface area (Å²) in [5.74, 6) is -0.599. The van der Waals surface area contributed by atoms with Crippen LogP contribution in [0.3, 0.4) is 0 Å². The third-order valence-electron chi connectivity index (χ3n) is 3.74. The maximum atomic E-state index is 12.7. The maximum Gasteiger partial charge on any atom is 0.271 e. The lowest BCUT2D eigenvalue weighted by molar-refractivity contribution is -0.384. The van der Waals surface area contributed by atoms with Crippen molar-refractivity contribution >= 4 is 44.6 Å². The zero-order valence-electron chi connectivity index (χ0n) is 14.6. The number of hydrogen-bond donors (Lipinski definition) is 1. The molecule has 0 fully saturated rings. The highest BCUT2D eigenvalue weighted by Gasteiger charge is 2.31. The summed E-state index contributed by atoms with van der Waals surface area (Å²) in [7, 11) is -3.78. The Morgan fingerprint density at radius 2 is 1.89 bits per heavy atom. The molecule has 0 saturated heterocycles. The normalized spacial score (nSPS) is 12.3. The smallest absolute Gasteiger partial charge is 0.271 e. The van der Waals surface area contributed by atoms with Crippen molar-refractivity contribution in [2.24, 2.45) is 0 Å². The third kappa shape index (κ3) is 5.18. The predicted molar refractivity (Wildman–Crippen MR) is 105 cm³/mol. The molecule has 144 valence electrons. The molecule has 0 saturated carbocycles. The van der Waals surface area contributed by atoms with Crippen LogP contribution in [0, 0.1) is 10.1 Å². The van der Waals surface area contributed by atoms with Crippen molar-refractivity contribution in [2.75, 3.05) is 15.9 Å². The highest BCUT2D eigenvalue weighted by Crippen LogP contribution is 2.25. The van der Waals surface area contributed by atoms with Gasteiger partial charge in [-0.05, 0) is 36.8 Å². The molecule has 0 heterocycles. The fourth-order valence-electron chi connectivity index (χ4n) is 2.57. The Kier molecular flexibility index (Phi) is 6.40. The molecule has 0 spiro atoms. The first kappa shape index (κ1) is 20.7. The number of non-ortho nitro benzene ring substituents is 1. The first-order valence-electron chi connectivity index (χ1n) is 7.93. The van der Waals surface area contributed by atoms with Crippen molar-refractivity contribution < 1.29 is 18.1 Å². The number of nitrogens with one attached hydrogen (secondary N) is 1. The average molecular weight is 412 g/mol. The summed E-state index contributed by atoms with van der Waals surface area (Å²) in [6, 6.07) is 10.5. The number of nitro benzene ring substituents is 1. The lowest BCUT2D eigenvalue weighted by Gasteiger charge is -2.30. The lowest BCUT2D eigenvalue weighted by Crippen LogP contribution is -2.47. The molecule has 1 N–H and O–H groups in total. The molecule has 0 unspecified atom stereocenters. The molecule has 0 radical (unpaired) electrons. The number of carbonyl (C=O) groups excluding carboxylic acids is 1. The van der Waals surface area contributed by atoms with Gasteiger partial charge in [-0.2, -0.15) is 0 Å². The Balaban J connectivity index is 2.36. The summed E-state index contributed by atoms with van der Waals surface area (Å²) in [5.41, 5.74) is 0.318. The topological polar surface area (TPSA) is 110 Å². The van der Waals surface area contributed by atoms with E-state index in [2.05, 4.69) is 5.32 Å². The van der Waals surface area contributed by atoms with Crippen molar-refractivity contribution in [1.82, 2.24) is 0 Å². The average Bonchev–Trinajstić information content (AvgIpc) is 2.59. The van der Waals surface area contributed by atoms with Gasteiger partial charge >= 0.3 is 0 Å². The lowest BCUT2D eigenvalue weighted by atomic mass is 10.1. The van der Waals surface area contributed by atoms with E-state index in [1.807, 2.05) is 0 Å². The molecule has 1 atom stereocenters. The van der Waals surface area contributed by atoms with Crippen LogP contribution in [-0.2, 0) is 14.8 Å². The van der Waals surface area contributed by atoms with E-state index in [4.69, 9.17) is 11.6 Å². The fourth-order valence-corrected chi connectivity index (χ4v) is 3.91. The van der Waals surface area contributed by atoms with Gasteiger partial charge < -0.3 is 5.32 Å². The molecule has 2 aromatic carbocycles. The van der Waals surface area contributed by atoms with Gasteiger partial charge in [-0.25, -0.2) is 8.42 Å². The number of sulfonamides is 1. The second kappa shape index (κ2) is 8.36. The second-order valence-corrected chi connectivity index (χ2v) is 8.05. The zero-order chi connectivity index (χ0) is 20.2. The molecule has 0 bridgehead atoms. The summed E-state index contributed by atoms with van der Waals surface area (Å²) >= 11 is 5.85. The minimum absolute atomic E-state index is 0.182. The van der Waals surface area contributed by atoms with Crippen molar-refractivity contribution in [3.8, 4) is 0 Å². The summed E-state index contributed by atoms with van der Waals surface area (Å²) in [6.45, 7) is 1.67. The van der Waals surface area contributed by atoms with Crippen LogP contribution in [0.15, 0.2) is 48.5 Å². The number of amides is 1. The molecule has 27 heavy (non-hydrogen) atoms. The SMILES string of the molecule is CC[C@@H](C(=O)Nc1cccc([N+](=O)[O-])c1)N(c1ccc(Cl)cc1)S(C)(=O)=O. The van der Waals surface area contributed by atoms with Gasteiger partial charge in [0.15, 0.2) is 0 Å². The molecule has 8 nitrogen and oxygen atoms in total. The quantitative estimate of drug-likeness (QED) is 0.554. The fraction of sp³-hybridized carbons (Fsp3) is 0.235. The number of hydrogen-bond acceptors (Lipinski definition) is 5. The molecule has 0 aliphatic rings. The van der Waals surface area contributed by atoms with E-state index < -0.39 is 26.9 Å². The summed E-state index contributed by atoms with van der Waals surface area (Å²) in [4.78, 5) is 23.0. The van der Waals surface area contributed by atoms with Gasteiger partial charge in [0, 0.05) is 22.8 Å². The van der Waals surface area contributed by atoms with E-state index in [1.54, 1.807) is 6.92 Å². The van der Waals surface area contributed by atoms with Crippen LogP contribution in [-0.4, -0.2) is 31.5 Å². The van der Waals surface area contributed by atoms with E-state index in [9.17, 15) is 23.3 Å². The Morgan fingerprint density at radius 3 is 2.41 bits per heavy atom. The number of benzene rings is 2. The standard InChI is InChI=1S/C17H18ClN3O5S/c1-3-16(17(22)19-13-5-4-6-15(11-13)21(23)24)20(27(2,25)26)14-9-7-12(18)8-10-14/h4-11,16H,3H2,1-2H3,(H,19,22)/t16-/m0/s1. The van der Waals surface area contributed by atoms with E-state index in [1.165, 1.54) is 48.5 Å². The van der Waals surface area contributed by atoms with E-state index in [-0.39, 0.29) is 17.8 Å². The van der Waals surface area contributed by atoms with Gasteiger partial charge in [0.2, 0.25) is 15.9 Å². The van der Waals surface area contributed by atoms with Gasteiger partial charge in [0.05, 0.1) is 16.9 Å². The highest BCUT2D eigenvalue weighted by molar-refractivity contribution is 7.92. The molecule has 10 heteroatoms. The van der Waals surface area contributed by atoms with Crippen LogP contribution in [0.25, 0.3) is 0 Å². The molecular weight excluding hydrogens is 394 g/mol. The van der Waals surface area contributed by atoms with Crippen LogP contribution < -0.4 is 9.62 Å². The van der Waals surface area contributed by atoms with Crippen LogP contribution >= 0.6 is 11.6 Å². The van der Waals surface area contributed by atoms with Gasteiger partial charge in [0.25, 0.3) is 5.69 Å². The number of nitro groups is 1. The number of rotatable bonds is 7. The minimum Gasteiger partial charge on any atom is -0.324 e. The summed E-state index contributed by atoms with van der Waals surface area (Å²) < 4.78 is 25.7. The van der Waals surface area contributed by atoms with E-state index >= 15 is 0 Å². The molecule has 2 rings (SSSR count). The van der Waals surface area contributed by atoms with Gasteiger partial charge in [-0.15, -0.1) is 0 Å². The maximum absolute atomic E-state index is 12.7. The highest BCUT2D eigenvalue weighted by atomic mass is 35.5. The molecule has 2 aromatic rings. The zero-order valence-corrected chi connectivity index (χ0v) is 16.2. The molecular formula is C17H18ClN3O5S. The minimum atomic E-state index is -3.78. The molecule has 0 aromatic heterocycles. The number of nitrogens with zero attached hydrogens (tertiary/aromatic N) is 2. The first-order chi connectivity index (χ1) is 12.6. The molecule has 1 amide bonds. The Bertz CT molecular complexity index is 947. The monoisotopic (exact) mass is 411 g/mol. The van der Waals surface area contributed by atoms with Crippen LogP contribution in [0.5, 0.6) is 0 Å². The van der Waals surface area contributed by atoms with Crippen molar-refractivity contribution in [3.05, 3.63) is 63.7 Å². The number of halogens is 1. The van der Waals surface area contributed by atoms with Crippen LogP contribution in [0.2, 0.25) is 5.02 Å². The van der Waals surface area contributed by atoms with Gasteiger partial charge in [0.1, 0.15) is 6.04 Å². The van der Waals surface area contributed by atoms with Crippen molar-refractivity contribution in [2.45, 2.75) is 19.4 Å². The van der Waals surface area contributed by atoms with Gasteiger partial charge in [-0.1, -0.05) is 24.6 Å². The van der Waals surface area contributed by atoms with Crippen molar-refractivity contribution in [1.29, 1.82) is 0 Å². The first-order valence-corrected chi connectivity index (χ1v) is 10.2. The largest absolute Gasteiger partial charge is 0.324 e. The number of anilines is 2. The second-order valence-electron chi connectivity index (χ2n) is 5.76. The van der Waals surface area contributed by atoms with Gasteiger partial charge in [-0.3, -0.25) is 19.2 Å². The third-order valence-corrected chi connectivity index (χ3v) is 5.17. The van der Waals surface area contributed by atoms with Crippen molar-refractivity contribution in [3.63, 3.8) is 0 Å². The van der Waals surface area contributed by atoms with Crippen LogP contribution in [0.1, 0.15) is 13.3 Å². The number of carbonyl (C=O) groups is 1. The molecule has 0 aliphatic heterocycles.